The molecule has 4 nitrogen and oxygen atoms in total. The quantitative estimate of drug-likeness (QED) is 0.708. The van der Waals surface area contributed by atoms with Crippen LogP contribution < -0.4 is 0 Å². The van der Waals surface area contributed by atoms with Gasteiger partial charge in [0.2, 0.25) is 5.78 Å². The Bertz CT molecular complexity index is 363. The first-order valence-electron chi connectivity index (χ1n) is 4.26. The summed E-state index contributed by atoms with van der Waals surface area (Å²) in [5.41, 5.74) is 0.917. The molecule has 0 atom stereocenters. The van der Waals surface area contributed by atoms with Crippen molar-refractivity contribution < 1.29 is 4.74 Å². The molecular formula is C9H11N3O. The van der Waals surface area contributed by atoms with Crippen molar-refractivity contribution in [3.8, 4) is 0 Å². The smallest absolute Gasteiger partial charge is 0.233 e. The summed E-state index contributed by atoms with van der Waals surface area (Å²) in [6.45, 7) is 3.23. The maximum absolute atomic E-state index is 5.25. The summed E-state index contributed by atoms with van der Waals surface area (Å²) in [5.74, 6) is 0.720. The fraction of sp³-hybridized carbons (Fsp3) is 0.333. The van der Waals surface area contributed by atoms with Gasteiger partial charge in [-0.1, -0.05) is 0 Å². The summed E-state index contributed by atoms with van der Waals surface area (Å²) >= 11 is 0. The molecule has 0 saturated heterocycles. The molecule has 0 bridgehead atoms. The molecule has 0 amide bonds. The van der Waals surface area contributed by atoms with E-state index in [1.807, 2.05) is 29.8 Å². The van der Waals surface area contributed by atoms with Crippen molar-refractivity contribution >= 4 is 5.78 Å². The number of hydrogen-bond donors (Lipinski definition) is 0. The lowest BCUT2D eigenvalue weighted by atomic mass is 10.5. The Hall–Kier alpha value is -1.42. The largest absolute Gasteiger partial charge is 0.375 e. The molecule has 4 heteroatoms. The van der Waals surface area contributed by atoms with E-state index in [1.165, 1.54) is 0 Å². The number of fused-ring (bicyclic) bond motifs is 1. The van der Waals surface area contributed by atoms with Crippen molar-refractivity contribution in [3.63, 3.8) is 0 Å². The first-order valence-corrected chi connectivity index (χ1v) is 4.26. The van der Waals surface area contributed by atoms with Crippen molar-refractivity contribution in [2.45, 2.75) is 13.5 Å². The van der Waals surface area contributed by atoms with Crippen molar-refractivity contribution in [3.05, 3.63) is 30.4 Å². The van der Waals surface area contributed by atoms with E-state index >= 15 is 0 Å². The lowest BCUT2D eigenvalue weighted by Gasteiger charge is -1.93. The molecule has 0 N–H and O–H groups in total. The van der Waals surface area contributed by atoms with Gasteiger partial charge in [0.25, 0.3) is 0 Å². The van der Waals surface area contributed by atoms with E-state index < -0.39 is 0 Å². The van der Waals surface area contributed by atoms with Crippen molar-refractivity contribution in [1.29, 1.82) is 0 Å². The van der Waals surface area contributed by atoms with E-state index in [0.717, 1.165) is 11.5 Å². The number of hydrogen-bond acceptors (Lipinski definition) is 3. The predicted molar refractivity (Wildman–Crippen MR) is 48.3 cm³/mol. The van der Waals surface area contributed by atoms with E-state index in [0.29, 0.717) is 13.2 Å². The summed E-state index contributed by atoms with van der Waals surface area (Å²) in [6.07, 6.45) is 5.58. The van der Waals surface area contributed by atoms with E-state index in [9.17, 15) is 0 Å². The van der Waals surface area contributed by atoms with Crippen molar-refractivity contribution in [2.75, 3.05) is 6.61 Å². The van der Waals surface area contributed by atoms with Gasteiger partial charge in [-0.15, -0.1) is 0 Å². The molecule has 2 aromatic heterocycles. The zero-order valence-electron chi connectivity index (χ0n) is 7.47. The molecule has 0 unspecified atom stereocenters. The average molecular weight is 177 g/mol. The SMILES string of the molecule is CCOCc1cn2cccnc2n1. The molecule has 0 saturated carbocycles. The van der Waals surface area contributed by atoms with Gasteiger partial charge < -0.3 is 4.74 Å². The lowest BCUT2D eigenvalue weighted by Crippen LogP contribution is -1.91. The average Bonchev–Trinajstić information content (AvgIpc) is 2.57. The number of nitrogens with zero attached hydrogens (tertiary/aromatic N) is 3. The van der Waals surface area contributed by atoms with E-state index in [1.54, 1.807) is 6.20 Å². The minimum atomic E-state index is 0.555. The minimum absolute atomic E-state index is 0.555. The van der Waals surface area contributed by atoms with Gasteiger partial charge in [-0.25, -0.2) is 9.97 Å². The zero-order valence-corrected chi connectivity index (χ0v) is 7.47. The highest BCUT2D eigenvalue weighted by Crippen LogP contribution is 2.02. The predicted octanol–water partition coefficient (Wildman–Crippen LogP) is 1.27. The second-order valence-electron chi connectivity index (χ2n) is 2.70. The van der Waals surface area contributed by atoms with Crippen LogP contribution in [0.3, 0.4) is 0 Å². The third-order valence-electron chi connectivity index (χ3n) is 1.74. The topological polar surface area (TPSA) is 39.4 Å². The number of rotatable bonds is 3. The van der Waals surface area contributed by atoms with Crippen LogP contribution in [0.1, 0.15) is 12.6 Å². The van der Waals surface area contributed by atoms with E-state index in [4.69, 9.17) is 4.74 Å². The normalized spacial score (nSPS) is 10.8. The van der Waals surface area contributed by atoms with Crippen LogP contribution in [0.25, 0.3) is 5.78 Å². The highest BCUT2D eigenvalue weighted by atomic mass is 16.5. The van der Waals surface area contributed by atoms with Crippen LogP contribution >= 0.6 is 0 Å². The number of ether oxygens (including phenoxy) is 1. The van der Waals surface area contributed by atoms with Gasteiger partial charge in [-0.05, 0) is 13.0 Å². The highest BCUT2D eigenvalue weighted by molar-refractivity contribution is 5.29. The van der Waals surface area contributed by atoms with Gasteiger partial charge in [-0.3, -0.25) is 4.40 Å². The Morgan fingerprint density at radius 1 is 1.54 bits per heavy atom. The summed E-state index contributed by atoms with van der Waals surface area (Å²) < 4.78 is 7.13. The van der Waals surface area contributed by atoms with Crippen LogP contribution in [0, 0.1) is 0 Å². The fourth-order valence-electron chi connectivity index (χ4n) is 1.16. The fourth-order valence-corrected chi connectivity index (χ4v) is 1.16. The van der Waals surface area contributed by atoms with Gasteiger partial charge in [0.05, 0.1) is 12.3 Å². The van der Waals surface area contributed by atoms with Crippen LogP contribution in [-0.2, 0) is 11.3 Å². The second-order valence-corrected chi connectivity index (χ2v) is 2.70. The Morgan fingerprint density at radius 2 is 2.46 bits per heavy atom. The molecule has 2 aromatic rings. The molecule has 0 aliphatic heterocycles. The molecule has 0 fully saturated rings. The Balaban J connectivity index is 2.28. The minimum Gasteiger partial charge on any atom is -0.375 e. The molecule has 2 rings (SSSR count). The van der Waals surface area contributed by atoms with Crippen molar-refractivity contribution in [1.82, 2.24) is 14.4 Å². The third-order valence-corrected chi connectivity index (χ3v) is 1.74. The van der Waals surface area contributed by atoms with E-state index in [-0.39, 0.29) is 0 Å². The summed E-state index contributed by atoms with van der Waals surface area (Å²) in [4.78, 5) is 8.38. The third kappa shape index (κ3) is 1.67. The first kappa shape index (κ1) is 8.19. The zero-order chi connectivity index (χ0) is 9.10. The number of aromatic nitrogens is 3. The van der Waals surface area contributed by atoms with Crippen molar-refractivity contribution in [2.24, 2.45) is 0 Å². The molecular weight excluding hydrogens is 166 g/mol. The molecule has 2 heterocycles. The molecule has 0 radical (unpaired) electrons. The molecule has 13 heavy (non-hydrogen) atoms. The molecule has 0 aliphatic rings. The number of imidazole rings is 1. The maximum atomic E-state index is 5.25. The lowest BCUT2D eigenvalue weighted by molar-refractivity contribution is 0.131. The standard InChI is InChI=1S/C9H11N3O/c1-2-13-7-8-6-12-5-3-4-10-9(12)11-8/h3-6H,2,7H2,1H3. The highest BCUT2D eigenvalue weighted by Gasteiger charge is 2.00. The molecule has 68 valence electrons. The molecule has 0 aromatic carbocycles. The second kappa shape index (κ2) is 3.53. The van der Waals surface area contributed by atoms with Crippen LogP contribution in [0.15, 0.2) is 24.7 Å². The monoisotopic (exact) mass is 177 g/mol. The molecule has 0 spiro atoms. The molecule has 0 aliphatic carbocycles. The first-order chi connectivity index (χ1) is 6.40. The van der Waals surface area contributed by atoms with Crippen LogP contribution in [0.2, 0.25) is 0 Å². The van der Waals surface area contributed by atoms with Crippen LogP contribution in [0.5, 0.6) is 0 Å². The summed E-state index contributed by atoms with van der Waals surface area (Å²) in [7, 11) is 0. The summed E-state index contributed by atoms with van der Waals surface area (Å²) in [6, 6.07) is 1.87. The maximum Gasteiger partial charge on any atom is 0.233 e. The Kier molecular flexibility index (Phi) is 2.23. The van der Waals surface area contributed by atoms with Gasteiger partial charge in [0, 0.05) is 25.2 Å². The van der Waals surface area contributed by atoms with Gasteiger partial charge in [0.15, 0.2) is 0 Å². The van der Waals surface area contributed by atoms with Gasteiger partial charge >= 0.3 is 0 Å². The Labute approximate surface area is 76.2 Å². The van der Waals surface area contributed by atoms with E-state index in [2.05, 4.69) is 9.97 Å². The van der Waals surface area contributed by atoms with Crippen LogP contribution in [0.4, 0.5) is 0 Å². The van der Waals surface area contributed by atoms with Gasteiger partial charge in [0.1, 0.15) is 0 Å². The van der Waals surface area contributed by atoms with Gasteiger partial charge in [-0.2, -0.15) is 0 Å². The summed E-state index contributed by atoms with van der Waals surface area (Å²) in [5, 5.41) is 0. The van der Waals surface area contributed by atoms with Crippen LogP contribution in [-0.4, -0.2) is 21.0 Å². The Morgan fingerprint density at radius 3 is 3.23 bits per heavy atom.